The third kappa shape index (κ3) is 7.00. The molecule has 0 radical (unpaired) electrons. The van der Waals surface area contributed by atoms with Gasteiger partial charge in [0.25, 0.3) is 5.91 Å². The summed E-state index contributed by atoms with van der Waals surface area (Å²) in [5, 5.41) is 9.69. The first-order chi connectivity index (χ1) is 18.8. The Hall–Kier alpha value is -3.44. The van der Waals surface area contributed by atoms with E-state index in [2.05, 4.69) is 15.7 Å². The van der Waals surface area contributed by atoms with Crippen LogP contribution in [-0.4, -0.2) is 58.2 Å². The number of nitrogens with zero attached hydrogens (tertiary/aromatic N) is 3. The summed E-state index contributed by atoms with van der Waals surface area (Å²) in [5.74, 6) is -3.15. The second-order valence-electron chi connectivity index (χ2n) is 11.2. The van der Waals surface area contributed by atoms with Gasteiger partial charge in [0.05, 0.1) is 11.6 Å². The second-order valence-corrected chi connectivity index (χ2v) is 11.2. The van der Waals surface area contributed by atoms with Crippen LogP contribution in [0.25, 0.3) is 0 Å². The predicted molar refractivity (Wildman–Crippen MR) is 140 cm³/mol. The van der Waals surface area contributed by atoms with Crippen molar-refractivity contribution in [2.75, 3.05) is 18.9 Å². The van der Waals surface area contributed by atoms with E-state index in [0.29, 0.717) is 22.4 Å². The van der Waals surface area contributed by atoms with Gasteiger partial charge in [0.15, 0.2) is 0 Å². The van der Waals surface area contributed by atoms with Crippen LogP contribution in [0.2, 0.25) is 0 Å². The molecular formula is C28H35F4N5O3. The van der Waals surface area contributed by atoms with Crippen molar-refractivity contribution in [3.8, 4) is 0 Å². The first kappa shape index (κ1) is 29.5. The van der Waals surface area contributed by atoms with Gasteiger partial charge in [0.1, 0.15) is 24.1 Å². The van der Waals surface area contributed by atoms with Crippen LogP contribution in [0.3, 0.4) is 0 Å². The molecule has 0 unspecified atom stereocenters. The van der Waals surface area contributed by atoms with Gasteiger partial charge in [0, 0.05) is 19.3 Å². The number of likely N-dealkylation sites (N-methyl/N-ethyl adjacent to an activating group) is 1. The molecule has 0 spiro atoms. The SMILES string of the molecule is CC(C)n1nccc1C(=O)N[C@H](C(=O)Nc1ccc([C@H](C)C(=O)N(C)CC(F)(F)F)cc1F)C(C1CC1)C1CC1. The van der Waals surface area contributed by atoms with Gasteiger partial charge in [-0.2, -0.15) is 18.3 Å². The van der Waals surface area contributed by atoms with Crippen molar-refractivity contribution >= 4 is 23.4 Å². The van der Waals surface area contributed by atoms with Crippen LogP contribution in [-0.2, 0) is 9.59 Å². The summed E-state index contributed by atoms with van der Waals surface area (Å²) in [6, 6.07) is 4.34. The molecule has 2 N–H and O–H groups in total. The monoisotopic (exact) mass is 565 g/mol. The number of amides is 3. The molecule has 3 amide bonds. The molecule has 1 aromatic carbocycles. The van der Waals surface area contributed by atoms with Gasteiger partial charge in [-0.05, 0) is 88.0 Å². The minimum Gasteiger partial charge on any atom is -0.339 e. The van der Waals surface area contributed by atoms with Crippen molar-refractivity contribution in [2.45, 2.75) is 70.6 Å². The first-order valence-corrected chi connectivity index (χ1v) is 13.5. The third-order valence-electron chi connectivity index (χ3n) is 7.59. The van der Waals surface area contributed by atoms with Crippen molar-refractivity contribution < 1.29 is 31.9 Å². The Morgan fingerprint density at radius 1 is 1.07 bits per heavy atom. The highest BCUT2D eigenvalue weighted by Crippen LogP contribution is 2.51. The van der Waals surface area contributed by atoms with E-state index in [1.54, 1.807) is 10.7 Å². The van der Waals surface area contributed by atoms with Crippen LogP contribution < -0.4 is 10.6 Å². The summed E-state index contributed by atoms with van der Waals surface area (Å²) in [5.41, 5.74) is 0.354. The number of halogens is 4. The zero-order valence-corrected chi connectivity index (χ0v) is 23.0. The number of hydrogen-bond donors (Lipinski definition) is 2. The minimum absolute atomic E-state index is 0.0687. The smallest absolute Gasteiger partial charge is 0.339 e. The summed E-state index contributed by atoms with van der Waals surface area (Å²) >= 11 is 0. The largest absolute Gasteiger partial charge is 0.406 e. The van der Waals surface area contributed by atoms with Crippen LogP contribution >= 0.6 is 0 Å². The topological polar surface area (TPSA) is 96.3 Å². The summed E-state index contributed by atoms with van der Waals surface area (Å²) in [4.78, 5) is 39.8. The fraction of sp³-hybridized carbons (Fsp3) is 0.571. The molecule has 1 aromatic heterocycles. The van der Waals surface area contributed by atoms with Gasteiger partial charge in [-0.1, -0.05) is 6.07 Å². The number of alkyl halides is 3. The van der Waals surface area contributed by atoms with Gasteiger partial charge in [-0.3, -0.25) is 19.1 Å². The van der Waals surface area contributed by atoms with Crippen molar-refractivity contribution in [1.82, 2.24) is 20.0 Å². The zero-order valence-electron chi connectivity index (χ0n) is 23.0. The van der Waals surface area contributed by atoms with Crippen LogP contribution in [0.4, 0.5) is 23.2 Å². The maximum absolute atomic E-state index is 15.1. The Bertz CT molecular complexity index is 1240. The van der Waals surface area contributed by atoms with E-state index in [9.17, 15) is 27.6 Å². The Morgan fingerprint density at radius 2 is 1.70 bits per heavy atom. The van der Waals surface area contributed by atoms with E-state index in [-0.39, 0.29) is 23.2 Å². The second kappa shape index (κ2) is 11.6. The molecular weight excluding hydrogens is 530 g/mol. The van der Waals surface area contributed by atoms with Gasteiger partial charge < -0.3 is 15.5 Å². The number of benzene rings is 1. The van der Waals surface area contributed by atoms with E-state index in [1.165, 1.54) is 25.3 Å². The number of aromatic nitrogens is 2. The van der Waals surface area contributed by atoms with E-state index in [0.717, 1.165) is 38.8 Å². The molecule has 0 saturated heterocycles. The quantitative estimate of drug-likeness (QED) is 0.379. The van der Waals surface area contributed by atoms with E-state index < -0.39 is 48.2 Å². The average Bonchev–Trinajstić information content (AvgIpc) is 3.82. The fourth-order valence-corrected chi connectivity index (χ4v) is 5.28. The molecule has 1 heterocycles. The van der Waals surface area contributed by atoms with Gasteiger partial charge in [-0.25, -0.2) is 4.39 Å². The molecule has 2 atom stereocenters. The number of rotatable bonds is 11. The van der Waals surface area contributed by atoms with Crippen molar-refractivity contribution in [3.05, 3.63) is 47.5 Å². The molecule has 40 heavy (non-hydrogen) atoms. The normalized spacial score (nSPS) is 17.1. The Kier molecular flexibility index (Phi) is 8.55. The summed E-state index contributed by atoms with van der Waals surface area (Å²) in [6.07, 6.45) is 0.811. The highest BCUT2D eigenvalue weighted by molar-refractivity contribution is 6.01. The fourth-order valence-electron chi connectivity index (χ4n) is 5.28. The number of carbonyl (C=O) groups excluding carboxylic acids is 3. The highest BCUT2D eigenvalue weighted by atomic mass is 19.4. The van der Waals surface area contributed by atoms with Gasteiger partial charge >= 0.3 is 6.18 Å². The van der Waals surface area contributed by atoms with Crippen LogP contribution in [0.1, 0.15) is 74.5 Å². The molecule has 218 valence electrons. The molecule has 8 nitrogen and oxygen atoms in total. The predicted octanol–water partition coefficient (Wildman–Crippen LogP) is 4.90. The summed E-state index contributed by atoms with van der Waals surface area (Å²) in [6.45, 7) is 3.76. The van der Waals surface area contributed by atoms with E-state index in [1.807, 2.05) is 13.8 Å². The molecule has 2 saturated carbocycles. The molecule has 2 aromatic rings. The number of carbonyl (C=O) groups is 3. The zero-order chi connectivity index (χ0) is 29.4. The summed E-state index contributed by atoms with van der Waals surface area (Å²) in [7, 11) is 1.04. The average molecular weight is 566 g/mol. The van der Waals surface area contributed by atoms with Crippen LogP contribution in [0.15, 0.2) is 30.5 Å². The lowest BCUT2D eigenvalue weighted by molar-refractivity contribution is -0.159. The van der Waals surface area contributed by atoms with Crippen LogP contribution in [0, 0.1) is 23.6 Å². The number of anilines is 1. The number of nitrogens with one attached hydrogen (secondary N) is 2. The van der Waals surface area contributed by atoms with Crippen molar-refractivity contribution in [3.63, 3.8) is 0 Å². The molecule has 2 aliphatic rings. The lowest BCUT2D eigenvalue weighted by atomic mass is 9.88. The Balaban J connectivity index is 1.51. The van der Waals surface area contributed by atoms with Gasteiger partial charge in [-0.15, -0.1) is 0 Å². The maximum Gasteiger partial charge on any atom is 0.406 e. The third-order valence-corrected chi connectivity index (χ3v) is 7.59. The summed E-state index contributed by atoms with van der Waals surface area (Å²) < 4.78 is 54.8. The van der Waals surface area contributed by atoms with E-state index >= 15 is 4.39 Å². The maximum atomic E-state index is 15.1. The Morgan fingerprint density at radius 3 is 2.23 bits per heavy atom. The van der Waals surface area contributed by atoms with E-state index in [4.69, 9.17) is 0 Å². The minimum atomic E-state index is -4.55. The number of hydrogen-bond acceptors (Lipinski definition) is 4. The first-order valence-electron chi connectivity index (χ1n) is 13.5. The molecule has 2 fully saturated rings. The standard InChI is InChI=1S/C28H35F4N5O3/c1-15(2)37-22(11-12-33-37)25(38)35-24(23(17-5-6-17)18-7-8-18)26(39)34-21-10-9-19(13-20(21)29)16(3)27(40)36(4)14-28(30,31)32/h9-13,15-18,23-24H,5-8,14H2,1-4H3,(H,34,39)(H,35,38)/t16-,24-/m0/s1. The van der Waals surface area contributed by atoms with Crippen molar-refractivity contribution in [1.29, 1.82) is 0 Å². The lowest BCUT2D eigenvalue weighted by Crippen LogP contribution is -2.50. The lowest BCUT2D eigenvalue weighted by Gasteiger charge is -2.28. The molecule has 2 aliphatic carbocycles. The molecule has 0 bridgehead atoms. The molecule has 4 rings (SSSR count). The highest BCUT2D eigenvalue weighted by Gasteiger charge is 2.48. The van der Waals surface area contributed by atoms with Crippen LogP contribution in [0.5, 0.6) is 0 Å². The molecule has 0 aliphatic heterocycles. The van der Waals surface area contributed by atoms with Crippen molar-refractivity contribution in [2.24, 2.45) is 17.8 Å². The molecule has 12 heteroatoms. The Labute approximate surface area is 230 Å². The van der Waals surface area contributed by atoms with Gasteiger partial charge in [0.2, 0.25) is 11.8 Å².